The van der Waals surface area contributed by atoms with Crippen molar-refractivity contribution in [2.24, 2.45) is 0 Å². The highest BCUT2D eigenvalue weighted by atomic mass is 32.2. The highest BCUT2D eigenvalue weighted by Gasteiger charge is 2.35. The standard InChI is InChI=1S/C10H11NO4S/c1-14-9(13)5-11-8(12)6-16-10(11)7-3-2-4-15-7/h2-4,10H,5-6H2,1H3/t10-/m1/s1. The molecule has 0 unspecified atom stereocenters. The number of nitrogens with zero attached hydrogens (tertiary/aromatic N) is 1. The summed E-state index contributed by atoms with van der Waals surface area (Å²) < 4.78 is 9.80. The number of hydrogen-bond donors (Lipinski definition) is 0. The van der Waals surface area contributed by atoms with Crippen LogP contribution in [0.25, 0.3) is 0 Å². The summed E-state index contributed by atoms with van der Waals surface area (Å²) in [5.41, 5.74) is 0. The van der Waals surface area contributed by atoms with E-state index in [0.29, 0.717) is 11.5 Å². The van der Waals surface area contributed by atoms with E-state index in [0.717, 1.165) is 0 Å². The van der Waals surface area contributed by atoms with Crippen LogP contribution in [-0.4, -0.2) is 36.2 Å². The van der Waals surface area contributed by atoms with Gasteiger partial charge >= 0.3 is 5.97 Å². The number of hydrogen-bond acceptors (Lipinski definition) is 5. The fourth-order valence-electron chi connectivity index (χ4n) is 1.50. The molecule has 1 saturated heterocycles. The number of ether oxygens (including phenoxy) is 1. The normalized spacial score (nSPS) is 20.2. The Morgan fingerprint density at radius 3 is 3.19 bits per heavy atom. The van der Waals surface area contributed by atoms with Crippen LogP contribution in [0.4, 0.5) is 0 Å². The first kappa shape index (κ1) is 11.1. The van der Waals surface area contributed by atoms with Crippen molar-refractivity contribution in [1.29, 1.82) is 0 Å². The summed E-state index contributed by atoms with van der Waals surface area (Å²) in [6, 6.07) is 3.55. The average molecular weight is 241 g/mol. The van der Waals surface area contributed by atoms with Gasteiger partial charge in [0.15, 0.2) is 0 Å². The van der Waals surface area contributed by atoms with Crippen LogP contribution in [0, 0.1) is 0 Å². The van der Waals surface area contributed by atoms with Crippen LogP contribution in [0.3, 0.4) is 0 Å². The van der Waals surface area contributed by atoms with Crippen molar-refractivity contribution in [3.63, 3.8) is 0 Å². The molecule has 6 heteroatoms. The zero-order valence-electron chi connectivity index (χ0n) is 8.71. The van der Waals surface area contributed by atoms with Crippen LogP contribution < -0.4 is 0 Å². The third-order valence-electron chi connectivity index (χ3n) is 2.28. The van der Waals surface area contributed by atoms with E-state index in [9.17, 15) is 9.59 Å². The van der Waals surface area contributed by atoms with Crippen molar-refractivity contribution in [2.45, 2.75) is 5.37 Å². The molecule has 1 aromatic heterocycles. The van der Waals surface area contributed by atoms with Gasteiger partial charge in [-0.15, -0.1) is 11.8 Å². The summed E-state index contributed by atoms with van der Waals surface area (Å²) in [7, 11) is 1.30. The van der Waals surface area contributed by atoms with E-state index in [1.54, 1.807) is 18.4 Å². The zero-order valence-corrected chi connectivity index (χ0v) is 9.53. The zero-order chi connectivity index (χ0) is 11.5. The van der Waals surface area contributed by atoms with Gasteiger partial charge in [0.1, 0.15) is 17.7 Å². The molecule has 0 bridgehead atoms. The van der Waals surface area contributed by atoms with E-state index in [-0.39, 0.29) is 17.8 Å². The molecule has 5 nitrogen and oxygen atoms in total. The summed E-state index contributed by atoms with van der Waals surface area (Å²) in [6.07, 6.45) is 1.55. The predicted molar refractivity (Wildman–Crippen MR) is 57.6 cm³/mol. The van der Waals surface area contributed by atoms with Crippen molar-refractivity contribution in [3.05, 3.63) is 24.2 Å². The van der Waals surface area contributed by atoms with Crippen molar-refractivity contribution in [3.8, 4) is 0 Å². The Kier molecular flexibility index (Phi) is 3.19. The minimum Gasteiger partial charge on any atom is -0.468 e. The monoisotopic (exact) mass is 241 g/mol. The molecule has 1 aromatic rings. The Balaban J connectivity index is 2.13. The lowest BCUT2D eigenvalue weighted by Crippen LogP contribution is -2.33. The van der Waals surface area contributed by atoms with Gasteiger partial charge in [-0.1, -0.05) is 0 Å². The Morgan fingerprint density at radius 1 is 1.75 bits per heavy atom. The van der Waals surface area contributed by atoms with E-state index in [4.69, 9.17) is 4.42 Å². The molecule has 0 aromatic carbocycles. The molecule has 0 N–H and O–H groups in total. The molecule has 1 amide bonds. The molecule has 0 spiro atoms. The summed E-state index contributed by atoms with van der Waals surface area (Å²) in [4.78, 5) is 24.2. The Hall–Kier alpha value is -1.43. The SMILES string of the molecule is COC(=O)CN1C(=O)CS[C@@H]1c1ccco1. The molecule has 1 atom stereocenters. The van der Waals surface area contributed by atoms with Gasteiger partial charge in [0, 0.05) is 0 Å². The molecular formula is C10H11NO4S. The van der Waals surface area contributed by atoms with Gasteiger partial charge in [0.05, 0.1) is 19.1 Å². The molecule has 86 valence electrons. The summed E-state index contributed by atoms with van der Waals surface area (Å²) >= 11 is 1.44. The lowest BCUT2D eigenvalue weighted by atomic mass is 10.3. The maximum Gasteiger partial charge on any atom is 0.325 e. The number of rotatable bonds is 3. The molecule has 1 aliphatic rings. The topological polar surface area (TPSA) is 59.8 Å². The molecule has 2 heterocycles. The smallest absolute Gasteiger partial charge is 0.325 e. The number of amides is 1. The largest absolute Gasteiger partial charge is 0.468 e. The second-order valence-corrected chi connectivity index (χ2v) is 4.35. The summed E-state index contributed by atoms with van der Waals surface area (Å²) in [5.74, 6) is 0.548. The Bertz CT molecular complexity index is 390. The third-order valence-corrected chi connectivity index (χ3v) is 3.50. The fourth-order valence-corrected chi connectivity index (χ4v) is 2.63. The second kappa shape index (κ2) is 4.61. The van der Waals surface area contributed by atoms with Crippen molar-refractivity contribution in [2.75, 3.05) is 19.4 Å². The minimum atomic E-state index is -0.424. The molecule has 0 radical (unpaired) electrons. The number of carbonyl (C=O) groups is 2. The first-order valence-corrected chi connectivity index (χ1v) is 5.78. The number of thioether (sulfide) groups is 1. The number of furan rings is 1. The third kappa shape index (κ3) is 2.06. The lowest BCUT2D eigenvalue weighted by molar-refractivity contribution is -0.146. The summed E-state index contributed by atoms with van der Waals surface area (Å²) in [6.45, 7) is -0.0340. The first-order valence-electron chi connectivity index (χ1n) is 4.73. The number of carbonyl (C=O) groups excluding carboxylic acids is 2. The number of methoxy groups -OCH3 is 1. The van der Waals surface area contributed by atoms with Gasteiger partial charge in [-0.05, 0) is 12.1 Å². The van der Waals surface area contributed by atoms with Crippen LogP contribution in [-0.2, 0) is 14.3 Å². The quantitative estimate of drug-likeness (QED) is 0.740. The van der Waals surface area contributed by atoms with Crippen LogP contribution in [0.5, 0.6) is 0 Å². The van der Waals surface area contributed by atoms with E-state index < -0.39 is 5.97 Å². The van der Waals surface area contributed by atoms with Gasteiger partial charge in [-0.25, -0.2) is 0 Å². The average Bonchev–Trinajstić information content (AvgIpc) is 2.89. The van der Waals surface area contributed by atoms with Crippen molar-refractivity contribution < 1.29 is 18.7 Å². The molecule has 16 heavy (non-hydrogen) atoms. The highest BCUT2D eigenvalue weighted by Crippen LogP contribution is 2.38. The maximum absolute atomic E-state index is 11.6. The van der Waals surface area contributed by atoms with E-state index >= 15 is 0 Å². The predicted octanol–water partition coefficient (Wildman–Crippen LogP) is 1.03. The lowest BCUT2D eigenvalue weighted by Gasteiger charge is -2.20. The second-order valence-electron chi connectivity index (χ2n) is 3.28. The van der Waals surface area contributed by atoms with Gasteiger partial charge < -0.3 is 14.1 Å². The molecule has 0 saturated carbocycles. The molecular weight excluding hydrogens is 230 g/mol. The molecule has 2 rings (SSSR count). The van der Waals surface area contributed by atoms with Crippen LogP contribution in [0.1, 0.15) is 11.1 Å². The molecule has 1 aliphatic heterocycles. The summed E-state index contributed by atoms with van der Waals surface area (Å²) in [5, 5.41) is -0.221. The van der Waals surface area contributed by atoms with E-state index in [1.807, 2.05) is 0 Å². The maximum atomic E-state index is 11.6. The van der Waals surface area contributed by atoms with E-state index in [2.05, 4.69) is 4.74 Å². The van der Waals surface area contributed by atoms with Crippen molar-refractivity contribution in [1.82, 2.24) is 4.90 Å². The highest BCUT2D eigenvalue weighted by molar-refractivity contribution is 8.00. The fraction of sp³-hybridized carbons (Fsp3) is 0.400. The van der Waals surface area contributed by atoms with Crippen LogP contribution in [0.15, 0.2) is 22.8 Å². The van der Waals surface area contributed by atoms with Crippen LogP contribution >= 0.6 is 11.8 Å². The van der Waals surface area contributed by atoms with Gasteiger partial charge in [-0.2, -0.15) is 0 Å². The first-order chi connectivity index (χ1) is 7.72. The Morgan fingerprint density at radius 2 is 2.56 bits per heavy atom. The minimum absolute atomic E-state index is 0.0340. The molecule has 0 aliphatic carbocycles. The van der Waals surface area contributed by atoms with Crippen LogP contribution in [0.2, 0.25) is 0 Å². The number of esters is 1. The Labute approximate surface area is 96.7 Å². The van der Waals surface area contributed by atoms with Gasteiger partial charge in [0.25, 0.3) is 0 Å². The molecule has 1 fully saturated rings. The van der Waals surface area contributed by atoms with E-state index in [1.165, 1.54) is 23.8 Å². The van der Waals surface area contributed by atoms with Gasteiger partial charge in [-0.3, -0.25) is 9.59 Å². The van der Waals surface area contributed by atoms with Crippen molar-refractivity contribution >= 4 is 23.6 Å². The van der Waals surface area contributed by atoms with Gasteiger partial charge in [0.2, 0.25) is 5.91 Å².